The van der Waals surface area contributed by atoms with E-state index >= 15 is 0 Å². The van der Waals surface area contributed by atoms with Gasteiger partial charge in [0.2, 0.25) is 0 Å². The highest BCUT2D eigenvalue weighted by Gasteiger charge is 2.23. The van der Waals surface area contributed by atoms with Crippen LogP contribution in [0.2, 0.25) is 0 Å². The topological polar surface area (TPSA) is 71.0 Å². The maximum absolute atomic E-state index is 5.55. The van der Waals surface area contributed by atoms with E-state index in [2.05, 4.69) is 39.6 Å². The summed E-state index contributed by atoms with van der Waals surface area (Å²) in [5.74, 6) is 1.70. The van der Waals surface area contributed by atoms with Gasteiger partial charge in [0, 0.05) is 37.3 Å². The van der Waals surface area contributed by atoms with Crippen LogP contribution in [0.3, 0.4) is 0 Å². The van der Waals surface area contributed by atoms with Crippen LogP contribution in [-0.4, -0.2) is 62.3 Å². The van der Waals surface area contributed by atoms with Gasteiger partial charge in [-0.3, -0.25) is 4.90 Å². The maximum Gasteiger partial charge on any atom is 0.191 e. The first kappa shape index (κ1) is 21.5. The molecule has 2 aromatic rings. The van der Waals surface area contributed by atoms with E-state index in [-0.39, 0.29) is 6.04 Å². The minimum absolute atomic E-state index is 0.235. The molecule has 0 aliphatic carbocycles. The third-order valence-corrected chi connectivity index (χ3v) is 5.75. The first-order valence-electron chi connectivity index (χ1n) is 10.1. The number of benzene rings is 1. The Balaban J connectivity index is 1.70. The molecule has 0 saturated carbocycles. The van der Waals surface area contributed by atoms with Gasteiger partial charge in [-0.15, -0.1) is 11.3 Å². The van der Waals surface area contributed by atoms with Gasteiger partial charge in [0.1, 0.15) is 5.75 Å². The molecule has 158 valence electrons. The average Bonchev–Trinajstić information content (AvgIpc) is 3.18. The Morgan fingerprint density at radius 2 is 2.03 bits per heavy atom. The zero-order chi connectivity index (χ0) is 20.5. The maximum atomic E-state index is 5.55. The Morgan fingerprint density at radius 3 is 2.66 bits per heavy atom. The van der Waals surface area contributed by atoms with Crippen molar-refractivity contribution in [2.75, 3.05) is 46.5 Å². The van der Waals surface area contributed by atoms with Gasteiger partial charge in [0.25, 0.3) is 0 Å². The number of thiazole rings is 1. The molecule has 1 unspecified atom stereocenters. The summed E-state index contributed by atoms with van der Waals surface area (Å²) >= 11 is 1.69. The Bertz CT molecular complexity index is 772. The molecule has 1 saturated heterocycles. The zero-order valence-electron chi connectivity index (χ0n) is 17.5. The number of ether oxygens (including phenoxy) is 2. The molecule has 1 atom stereocenters. The highest BCUT2D eigenvalue weighted by atomic mass is 32.1. The van der Waals surface area contributed by atoms with E-state index in [0.717, 1.165) is 56.1 Å². The van der Waals surface area contributed by atoms with Gasteiger partial charge in [-0.1, -0.05) is 12.1 Å². The average molecular weight is 418 g/mol. The van der Waals surface area contributed by atoms with Gasteiger partial charge in [-0.05, 0) is 31.5 Å². The summed E-state index contributed by atoms with van der Waals surface area (Å²) in [5, 5.41) is 7.95. The molecule has 0 amide bonds. The number of nitrogens with zero attached hydrogens (tertiary/aromatic N) is 3. The molecular weight excluding hydrogens is 386 g/mol. The van der Waals surface area contributed by atoms with Crippen molar-refractivity contribution in [2.45, 2.75) is 26.4 Å². The van der Waals surface area contributed by atoms with Crippen molar-refractivity contribution in [3.8, 4) is 5.75 Å². The van der Waals surface area contributed by atoms with Gasteiger partial charge in [-0.25, -0.2) is 9.98 Å². The van der Waals surface area contributed by atoms with Crippen molar-refractivity contribution in [3.63, 3.8) is 0 Å². The summed E-state index contributed by atoms with van der Waals surface area (Å²) in [7, 11) is 1.69. The number of aliphatic imine (C=N–C) groups is 1. The third kappa shape index (κ3) is 6.42. The standard InChI is InChI=1S/C21H31N5O2S/c1-4-22-21(24-14-19-13-23-16(2)29-19)25-15-20(26-9-11-28-12-10-26)17-5-7-18(27-3)8-6-17/h5-8,13,20H,4,9-12,14-15H2,1-3H3,(H2,22,24,25). The molecule has 8 heteroatoms. The second-order valence-corrected chi connectivity index (χ2v) is 8.18. The summed E-state index contributed by atoms with van der Waals surface area (Å²) in [6.45, 7) is 9.69. The SMILES string of the molecule is CCNC(=NCc1cnc(C)s1)NCC(c1ccc(OC)cc1)N1CCOCC1. The number of aryl methyl sites for hydroxylation is 1. The molecule has 7 nitrogen and oxygen atoms in total. The number of aromatic nitrogens is 1. The Hall–Kier alpha value is -2.16. The summed E-state index contributed by atoms with van der Waals surface area (Å²) < 4.78 is 10.9. The second kappa shape index (κ2) is 11.1. The van der Waals surface area contributed by atoms with Crippen LogP contribution in [0.1, 0.15) is 28.4 Å². The monoisotopic (exact) mass is 417 g/mol. The molecule has 1 aromatic carbocycles. The van der Waals surface area contributed by atoms with E-state index in [1.807, 2.05) is 25.3 Å². The minimum atomic E-state index is 0.235. The lowest BCUT2D eigenvalue weighted by atomic mass is 10.0. The lowest BCUT2D eigenvalue weighted by Gasteiger charge is -2.35. The molecule has 0 bridgehead atoms. The van der Waals surface area contributed by atoms with E-state index in [1.54, 1.807) is 18.4 Å². The minimum Gasteiger partial charge on any atom is -0.497 e. The Kier molecular flexibility index (Phi) is 8.27. The quantitative estimate of drug-likeness (QED) is 0.508. The van der Waals surface area contributed by atoms with Crippen molar-refractivity contribution in [2.24, 2.45) is 4.99 Å². The number of hydrogen-bond acceptors (Lipinski definition) is 6. The van der Waals surface area contributed by atoms with Crippen molar-refractivity contribution >= 4 is 17.3 Å². The normalized spacial score (nSPS) is 16.4. The molecule has 2 heterocycles. The summed E-state index contributed by atoms with van der Waals surface area (Å²) in [5.41, 5.74) is 1.26. The lowest BCUT2D eigenvalue weighted by molar-refractivity contribution is 0.0170. The predicted molar refractivity (Wildman–Crippen MR) is 118 cm³/mol. The van der Waals surface area contributed by atoms with Crippen LogP contribution >= 0.6 is 11.3 Å². The number of methoxy groups -OCH3 is 1. The molecule has 0 spiro atoms. The van der Waals surface area contributed by atoms with E-state index in [9.17, 15) is 0 Å². The molecule has 29 heavy (non-hydrogen) atoms. The highest BCUT2D eigenvalue weighted by molar-refractivity contribution is 7.11. The summed E-state index contributed by atoms with van der Waals surface area (Å²) in [6, 6.07) is 8.57. The number of guanidine groups is 1. The molecule has 3 rings (SSSR count). The molecule has 0 radical (unpaired) electrons. The molecule has 1 aliphatic rings. The predicted octanol–water partition coefficient (Wildman–Crippen LogP) is 2.59. The van der Waals surface area contributed by atoms with Gasteiger partial charge >= 0.3 is 0 Å². The van der Waals surface area contributed by atoms with Crippen molar-refractivity contribution < 1.29 is 9.47 Å². The van der Waals surface area contributed by atoms with Crippen LogP contribution in [0.5, 0.6) is 5.75 Å². The number of hydrogen-bond donors (Lipinski definition) is 2. The van der Waals surface area contributed by atoms with Crippen molar-refractivity contribution in [3.05, 3.63) is 45.9 Å². The second-order valence-electron chi connectivity index (χ2n) is 6.86. The molecule has 2 N–H and O–H groups in total. The fraction of sp³-hybridized carbons (Fsp3) is 0.524. The van der Waals surface area contributed by atoms with Crippen LogP contribution < -0.4 is 15.4 Å². The fourth-order valence-electron chi connectivity index (χ4n) is 3.34. The summed E-state index contributed by atoms with van der Waals surface area (Å²) in [4.78, 5) is 12.7. The Labute approximate surface area is 177 Å². The van der Waals surface area contributed by atoms with Crippen LogP contribution in [-0.2, 0) is 11.3 Å². The number of rotatable bonds is 8. The van der Waals surface area contributed by atoms with E-state index in [0.29, 0.717) is 6.54 Å². The molecule has 1 fully saturated rings. The van der Waals surface area contributed by atoms with Gasteiger partial charge < -0.3 is 20.1 Å². The largest absolute Gasteiger partial charge is 0.497 e. The van der Waals surface area contributed by atoms with Crippen LogP contribution in [0.25, 0.3) is 0 Å². The van der Waals surface area contributed by atoms with E-state index in [1.165, 1.54) is 10.4 Å². The van der Waals surface area contributed by atoms with Crippen molar-refractivity contribution in [1.29, 1.82) is 0 Å². The van der Waals surface area contributed by atoms with Crippen LogP contribution in [0.15, 0.2) is 35.5 Å². The Morgan fingerprint density at radius 1 is 1.28 bits per heavy atom. The zero-order valence-corrected chi connectivity index (χ0v) is 18.3. The first-order valence-corrected chi connectivity index (χ1v) is 10.9. The van der Waals surface area contributed by atoms with Crippen LogP contribution in [0.4, 0.5) is 0 Å². The highest BCUT2D eigenvalue weighted by Crippen LogP contribution is 2.23. The molecule has 1 aromatic heterocycles. The molecule has 1 aliphatic heterocycles. The van der Waals surface area contributed by atoms with E-state index < -0.39 is 0 Å². The van der Waals surface area contributed by atoms with Gasteiger partial charge in [-0.2, -0.15) is 0 Å². The third-order valence-electron chi connectivity index (χ3n) is 4.86. The fourth-order valence-corrected chi connectivity index (χ4v) is 4.06. The van der Waals surface area contributed by atoms with Gasteiger partial charge in [0.15, 0.2) is 5.96 Å². The smallest absolute Gasteiger partial charge is 0.191 e. The van der Waals surface area contributed by atoms with E-state index in [4.69, 9.17) is 14.5 Å². The van der Waals surface area contributed by atoms with Crippen molar-refractivity contribution in [1.82, 2.24) is 20.5 Å². The number of morpholine rings is 1. The van der Waals surface area contributed by atoms with Crippen LogP contribution in [0, 0.1) is 6.92 Å². The first-order chi connectivity index (χ1) is 14.2. The van der Waals surface area contributed by atoms with Gasteiger partial charge in [0.05, 0.1) is 37.9 Å². The number of nitrogens with one attached hydrogen (secondary N) is 2. The molecular formula is C21H31N5O2S. The lowest BCUT2D eigenvalue weighted by Crippen LogP contribution is -2.46. The summed E-state index contributed by atoms with van der Waals surface area (Å²) in [6.07, 6.45) is 1.90.